The van der Waals surface area contributed by atoms with Gasteiger partial charge in [0.1, 0.15) is 5.75 Å². The van der Waals surface area contributed by atoms with Gasteiger partial charge >= 0.3 is 0 Å². The van der Waals surface area contributed by atoms with Gasteiger partial charge in [-0.2, -0.15) is 0 Å². The van der Waals surface area contributed by atoms with Crippen LogP contribution in [0.2, 0.25) is 0 Å². The number of hydrogen-bond donors (Lipinski definition) is 1. The predicted octanol–water partition coefficient (Wildman–Crippen LogP) is 2.11. The van der Waals surface area contributed by atoms with E-state index in [2.05, 4.69) is 10.3 Å². The first-order valence-electron chi connectivity index (χ1n) is 9.59. The monoisotopic (exact) mass is 426 g/mol. The lowest BCUT2D eigenvalue weighted by Crippen LogP contribution is -2.50. The van der Waals surface area contributed by atoms with Gasteiger partial charge in [0.25, 0.3) is 5.91 Å². The lowest BCUT2D eigenvalue weighted by atomic mass is 10.1. The number of fused-ring (bicyclic) bond motifs is 1. The molecule has 1 aromatic heterocycles. The number of sulfonamides is 1. The third kappa shape index (κ3) is 3.88. The van der Waals surface area contributed by atoms with Crippen LogP contribution in [0.4, 0.5) is 5.69 Å². The summed E-state index contributed by atoms with van der Waals surface area (Å²) in [4.78, 5) is 16.9. The Bertz CT molecular complexity index is 1150. The molecule has 0 bridgehead atoms. The van der Waals surface area contributed by atoms with E-state index in [0.29, 0.717) is 11.4 Å². The Morgan fingerprint density at radius 1 is 1.17 bits per heavy atom. The fourth-order valence-electron chi connectivity index (χ4n) is 3.37. The number of hydrogen-bond acceptors (Lipinski definition) is 5. The normalized spacial score (nSPS) is 15.9. The van der Waals surface area contributed by atoms with Crippen LogP contribution in [0.15, 0.2) is 67.3 Å². The highest BCUT2D eigenvalue weighted by atomic mass is 32.2. The van der Waals surface area contributed by atoms with E-state index in [4.69, 9.17) is 4.74 Å². The van der Waals surface area contributed by atoms with Crippen LogP contribution < -0.4 is 14.4 Å². The number of rotatable bonds is 6. The second-order valence-electron chi connectivity index (χ2n) is 6.82. The average Bonchev–Trinajstić information content (AvgIpc) is 3.31. The SMILES string of the molecule is CCS(=O)(=O)N1CC(C(=O)NCc2ccccc2-n2ccnc2)Oc2ccccc21. The molecule has 1 aliphatic heterocycles. The summed E-state index contributed by atoms with van der Waals surface area (Å²) >= 11 is 0. The molecule has 30 heavy (non-hydrogen) atoms. The van der Waals surface area contributed by atoms with E-state index in [1.54, 1.807) is 43.7 Å². The molecule has 156 valence electrons. The Labute approximate surface area is 175 Å². The second kappa shape index (κ2) is 8.19. The lowest BCUT2D eigenvalue weighted by molar-refractivity contribution is -0.127. The number of amides is 1. The first kappa shape index (κ1) is 20.0. The van der Waals surface area contributed by atoms with Gasteiger partial charge in [0.15, 0.2) is 6.10 Å². The summed E-state index contributed by atoms with van der Waals surface area (Å²) < 4.78 is 34.1. The molecular weight excluding hydrogens is 404 g/mol. The molecule has 0 fully saturated rings. The molecule has 1 aliphatic rings. The molecule has 3 aromatic rings. The van der Waals surface area contributed by atoms with E-state index in [-0.39, 0.29) is 24.7 Å². The molecule has 1 amide bonds. The zero-order valence-corrected chi connectivity index (χ0v) is 17.2. The Hall–Kier alpha value is -3.33. The highest BCUT2D eigenvalue weighted by molar-refractivity contribution is 7.92. The molecule has 8 nitrogen and oxygen atoms in total. The molecule has 0 radical (unpaired) electrons. The van der Waals surface area contributed by atoms with E-state index in [1.165, 1.54) is 4.31 Å². The number of ether oxygens (including phenoxy) is 1. The minimum absolute atomic E-state index is 0.0616. The van der Waals surface area contributed by atoms with E-state index in [9.17, 15) is 13.2 Å². The smallest absolute Gasteiger partial charge is 0.263 e. The summed E-state index contributed by atoms with van der Waals surface area (Å²) in [5.74, 6) is -0.0606. The van der Waals surface area contributed by atoms with Crippen molar-refractivity contribution >= 4 is 21.6 Å². The van der Waals surface area contributed by atoms with Gasteiger partial charge in [-0.25, -0.2) is 13.4 Å². The van der Waals surface area contributed by atoms with Crippen molar-refractivity contribution in [2.24, 2.45) is 0 Å². The number of anilines is 1. The summed E-state index contributed by atoms with van der Waals surface area (Å²) in [7, 11) is -3.54. The van der Waals surface area contributed by atoms with Gasteiger partial charge in [-0.15, -0.1) is 0 Å². The maximum absolute atomic E-state index is 12.9. The van der Waals surface area contributed by atoms with Crippen LogP contribution in [0.5, 0.6) is 5.75 Å². The molecule has 2 aromatic carbocycles. The number of aromatic nitrogens is 2. The highest BCUT2D eigenvalue weighted by Crippen LogP contribution is 2.35. The maximum Gasteiger partial charge on any atom is 0.263 e. The van der Waals surface area contributed by atoms with Gasteiger partial charge in [0.05, 0.1) is 30.0 Å². The van der Waals surface area contributed by atoms with Crippen molar-refractivity contribution in [3.8, 4) is 11.4 Å². The van der Waals surface area contributed by atoms with Crippen LogP contribution in [0.3, 0.4) is 0 Å². The third-order valence-electron chi connectivity index (χ3n) is 4.96. The van der Waals surface area contributed by atoms with Crippen LogP contribution in [0.25, 0.3) is 5.69 Å². The van der Waals surface area contributed by atoms with Crippen molar-refractivity contribution in [2.45, 2.75) is 19.6 Å². The Morgan fingerprint density at radius 2 is 1.90 bits per heavy atom. The van der Waals surface area contributed by atoms with E-state index < -0.39 is 16.1 Å². The predicted molar refractivity (Wildman–Crippen MR) is 113 cm³/mol. The number of carbonyl (C=O) groups excluding carboxylic acids is 1. The van der Waals surface area contributed by atoms with Gasteiger partial charge in [0, 0.05) is 18.9 Å². The fourth-order valence-corrected chi connectivity index (χ4v) is 4.49. The van der Waals surface area contributed by atoms with Crippen molar-refractivity contribution in [1.82, 2.24) is 14.9 Å². The van der Waals surface area contributed by atoms with Crippen LogP contribution >= 0.6 is 0 Å². The summed E-state index contributed by atoms with van der Waals surface area (Å²) in [6, 6.07) is 14.5. The fraction of sp³-hybridized carbons (Fsp3) is 0.238. The molecule has 2 heterocycles. The average molecular weight is 426 g/mol. The second-order valence-corrected chi connectivity index (χ2v) is 9.00. The van der Waals surface area contributed by atoms with Crippen LogP contribution in [-0.4, -0.2) is 42.3 Å². The van der Waals surface area contributed by atoms with Gasteiger partial charge in [0.2, 0.25) is 10.0 Å². The molecule has 0 spiro atoms. The van der Waals surface area contributed by atoms with E-state index >= 15 is 0 Å². The number of nitrogens with zero attached hydrogens (tertiary/aromatic N) is 3. The Morgan fingerprint density at radius 3 is 2.63 bits per heavy atom. The van der Waals surface area contributed by atoms with Crippen LogP contribution in [0.1, 0.15) is 12.5 Å². The first-order valence-corrected chi connectivity index (χ1v) is 11.2. The van der Waals surface area contributed by atoms with Crippen molar-refractivity contribution in [3.05, 3.63) is 72.8 Å². The third-order valence-corrected chi connectivity index (χ3v) is 6.70. The molecular formula is C21H22N4O4S. The van der Waals surface area contributed by atoms with E-state index in [1.807, 2.05) is 35.0 Å². The number of imidazole rings is 1. The first-order chi connectivity index (χ1) is 14.5. The Kier molecular flexibility index (Phi) is 5.45. The molecule has 9 heteroatoms. The number of carbonyl (C=O) groups is 1. The largest absolute Gasteiger partial charge is 0.476 e. The van der Waals surface area contributed by atoms with Gasteiger partial charge in [-0.05, 0) is 30.7 Å². The zero-order chi connectivity index (χ0) is 21.1. The molecule has 0 saturated carbocycles. The molecule has 4 rings (SSSR count). The Balaban J connectivity index is 1.53. The van der Waals surface area contributed by atoms with Crippen molar-refractivity contribution < 1.29 is 17.9 Å². The minimum Gasteiger partial charge on any atom is -0.476 e. The molecule has 1 N–H and O–H groups in total. The number of benzene rings is 2. The standard InChI is InChI=1S/C21H22N4O4S/c1-2-30(27,28)25-14-20(29-19-10-6-5-9-18(19)25)21(26)23-13-16-7-3-4-8-17(16)24-12-11-22-15-24/h3-12,15,20H,2,13-14H2,1H3,(H,23,26). The molecule has 1 atom stereocenters. The van der Waals surface area contributed by atoms with Gasteiger partial charge in [-0.3, -0.25) is 9.10 Å². The van der Waals surface area contributed by atoms with Gasteiger partial charge in [-0.1, -0.05) is 30.3 Å². The van der Waals surface area contributed by atoms with Crippen molar-refractivity contribution in [3.63, 3.8) is 0 Å². The molecule has 0 aliphatic carbocycles. The zero-order valence-electron chi connectivity index (χ0n) is 16.4. The summed E-state index contributed by atoms with van der Waals surface area (Å²) in [6.07, 6.45) is 4.26. The summed E-state index contributed by atoms with van der Waals surface area (Å²) in [6.45, 7) is 1.78. The summed E-state index contributed by atoms with van der Waals surface area (Å²) in [5.41, 5.74) is 2.26. The lowest BCUT2D eigenvalue weighted by Gasteiger charge is -2.34. The molecule has 1 unspecified atom stereocenters. The van der Waals surface area contributed by atoms with Crippen LogP contribution in [0, 0.1) is 0 Å². The maximum atomic E-state index is 12.9. The van der Waals surface area contributed by atoms with Crippen molar-refractivity contribution in [2.75, 3.05) is 16.6 Å². The topological polar surface area (TPSA) is 93.5 Å². The quantitative estimate of drug-likeness (QED) is 0.652. The number of nitrogens with one attached hydrogen (secondary N) is 1. The van der Waals surface area contributed by atoms with Crippen molar-refractivity contribution in [1.29, 1.82) is 0 Å². The van der Waals surface area contributed by atoms with Crippen LogP contribution in [-0.2, 0) is 21.4 Å². The summed E-state index contributed by atoms with van der Waals surface area (Å²) in [5, 5.41) is 2.87. The highest BCUT2D eigenvalue weighted by Gasteiger charge is 2.35. The van der Waals surface area contributed by atoms with E-state index in [0.717, 1.165) is 11.3 Å². The minimum atomic E-state index is -3.54. The van der Waals surface area contributed by atoms with Gasteiger partial charge < -0.3 is 14.6 Å². The number of para-hydroxylation sites is 3. The molecule has 0 saturated heterocycles.